The molecule has 184 valence electrons. The number of hydrogen-bond acceptors (Lipinski definition) is 6. The molecule has 10 nitrogen and oxygen atoms in total. The van der Waals surface area contributed by atoms with Gasteiger partial charge in [-0.15, -0.1) is 0 Å². The summed E-state index contributed by atoms with van der Waals surface area (Å²) in [6.07, 6.45) is 3.96. The number of carbonyl (C=O) groups is 5. The number of ketones is 1. The van der Waals surface area contributed by atoms with E-state index in [4.69, 9.17) is 0 Å². The second-order valence-electron chi connectivity index (χ2n) is 8.95. The van der Waals surface area contributed by atoms with Crippen molar-refractivity contribution in [1.29, 1.82) is 0 Å². The Labute approximate surface area is 199 Å². The smallest absolute Gasteiger partial charge is 0.290 e. The summed E-state index contributed by atoms with van der Waals surface area (Å²) < 4.78 is 0. The first-order valence-electron chi connectivity index (χ1n) is 11.7. The molecule has 2 fully saturated rings. The van der Waals surface area contributed by atoms with Gasteiger partial charge in [0.05, 0.1) is 18.6 Å². The molecule has 34 heavy (non-hydrogen) atoms. The molecule has 0 aromatic heterocycles. The van der Waals surface area contributed by atoms with Gasteiger partial charge in [-0.25, -0.2) is 0 Å². The van der Waals surface area contributed by atoms with Gasteiger partial charge in [-0.1, -0.05) is 43.2 Å². The Morgan fingerprint density at radius 2 is 1.74 bits per heavy atom. The van der Waals surface area contributed by atoms with Crippen LogP contribution in [0.15, 0.2) is 30.3 Å². The highest BCUT2D eigenvalue weighted by molar-refractivity contribution is 6.38. The SMILES string of the molecule is CNC(=O)C(NC(=O)CNC(=O)C(=O)C(CC1CC1)NC(=O)C1CCCN1C)c1ccccc1. The van der Waals surface area contributed by atoms with Crippen molar-refractivity contribution in [3.8, 4) is 0 Å². The Morgan fingerprint density at radius 1 is 1.03 bits per heavy atom. The predicted octanol–water partition coefficient (Wildman–Crippen LogP) is -0.346. The summed E-state index contributed by atoms with van der Waals surface area (Å²) in [5, 5.41) is 10.2. The largest absolute Gasteiger partial charge is 0.357 e. The van der Waals surface area contributed by atoms with Crippen LogP contribution in [-0.4, -0.2) is 73.6 Å². The zero-order valence-electron chi connectivity index (χ0n) is 19.6. The van der Waals surface area contributed by atoms with Crippen LogP contribution in [0.25, 0.3) is 0 Å². The van der Waals surface area contributed by atoms with Crippen molar-refractivity contribution in [2.75, 3.05) is 27.2 Å². The van der Waals surface area contributed by atoms with Crippen molar-refractivity contribution < 1.29 is 24.0 Å². The molecule has 0 spiro atoms. The van der Waals surface area contributed by atoms with Gasteiger partial charge in [0.15, 0.2) is 0 Å². The molecule has 1 aliphatic carbocycles. The number of likely N-dealkylation sites (N-methyl/N-ethyl adjacent to an activating group) is 2. The summed E-state index contributed by atoms with van der Waals surface area (Å²) >= 11 is 0. The number of rotatable bonds is 11. The highest BCUT2D eigenvalue weighted by atomic mass is 16.2. The van der Waals surface area contributed by atoms with Crippen LogP contribution in [0.5, 0.6) is 0 Å². The van der Waals surface area contributed by atoms with Crippen LogP contribution in [0.1, 0.15) is 43.7 Å². The fourth-order valence-electron chi connectivity index (χ4n) is 4.14. The fraction of sp³-hybridized carbons (Fsp3) is 0.542. The lowest BCUT2D eigenvalue weighted by atomic mass is 10.0. The minimum atomic E-state index is -0.934. The van der Waals surface area contributed by atoms with E-state index in [-0.39, 0.29) is 11.9 Å². The fourth-order valence-corrected chi connectivity index (χ4v) is 4.14. The third-order valence-electron chi connectivity index (χ3n) is 6.30. The maximum atomic E-state index is 12.8. The molecule has 0 radical (unpaired) electrons. The first kappa shape index (κ1) is 25.4. The van der Waals surface area contributed by atoms with Crippen LogP contribution in [0.2, 0.25) is 0 Å². The van der Waals surface area contributed by atoms with Gasteiger partial charge < -0.3 is 21.3 Å². The summed E-state index contributed by atoms with van der Waals surface area (Å²) in [5.41, 5.74) is 0.585. The van der Waals surface area contributed by atoms with E-state index < -0.39 is 42.1 Å². The van der Waals surface area contributed by atoms with Crippen LogP contribution in [0.3, 0.4) is 0 Å². The molecule has 1 aromatic carbocycles. The maximum Gasteiger partial charge on any atom is 0.290 e. The number of nitrogens with zero attached hydrogens (tertiary/aromatic N) is 1. The number of nitrogens with one attached hydrogen (secondary N) is 4. The lowest BCUT2D eigenvalue weighted by molar-refractivity contribution is -0.141. The summed E-state index contributed by atoms with van der Waals surface area (Å²) in [6, 6.07) is 6.54. The molecule has 4 amide bonds. The lowest BCUT2D eigenvalue weighted by Gasteiger charge is -2.23. The van der Waals surface area contributed by atoms with Crippen molar-refractivity contribution in [3.63, 3.8) is 0 Å². The number of amides is 4. The molecule has 4 N–H and O–H groups in total. The van der Waals surface area contributed by atoms with E-state index >= 15 is 0 Å². The summed E-state index contributed by atoms with van der Waals surface area (Å²) in [5.74, 6) is -2.66. The average Bonchev–Trinajstić information content (AvgIpc) is 3.56. The Bertz CT molecular complexity index is 918. The molecular weight excluding hydrogens is 438 g/mol. The van der Waals surface area contributed by atoms with E-state index in [9.17, 15) is 24.0 Å². The Morgan fingerprint density at radius 3 is 2.32 bits per heavy atom. The molecule has 3 rings (SSSR count). The molecule has 1 saturated heterocycles. The van der Waals surface area contributed by atoms with Crippen molar-refractivity contribution in [1.82, 2.24) is 26.2 Å². The van der Waals surface area contributed by atoms with E-state index in [0.29, 0.717) is 24.3 Å². The van der Waals surface area contributed by atoms with Crippen LogP contribution in [-0.2, 0) is 24.0 Å². The topological polar surface area (TPSA) is 137 Å². The molecule has 1 aromatic rings. The average molecular weight is 472 g/mol. The van der Waals surface area contributed by atoms with Crippen molar-refractivity contribution in [2.45, 2.75) is 50.2 Å². The van der Waals surface area contributed by atoms with Crippen LogP contribution in [0, 0.1) is 5.92 Å². The molecule has 3 unspecified atom stereocenters. The number of Topliss-reactive ketones (excluding diaryl/α,β-unsaturated/α-hetero) is 1. The van der Waals surface area contributed by atoms with Crippen LogP contribution >= 0.6 is 0 Å². The molecular formula is C24H33N5O5. The van der Waals surface area contributed by atoms with E-state index in [1.165, 1.54) is 7.05 Å². The normalized spacial score (nSPS) is 19.5. The zero-order valence-corrected chi connectivity index (χ0v) is 19.6. The van der Waals surface area contributed by atoms with Gasteiger partial charge in [-0.05, 0) is 44.3 Å². The van der Waals surface area contributed by atoms with Gasteiger partial charge in [0.1, 0.15) is 6.04 Å². The highest BCUT2D eigenvalue weighted by Crippen LogP contribution is 2.33. The van der Waals surface area contributed by atoms with Crippen LogP contribution in [0.4, 0.5) is 0 Å². The van der Waals surface area contributed by atoms with Gasteiger partial charge in [0.25, 0.3) is 5.91 Å². The minimum absolute atomic E-state index is 0.249. The molecule has 1 aliphatic heterocycles. The standard InChI is InChI=1S/C24H33N5O5/c1-25-23(33)20(16-7-4-3-5-8-16)28-19(30)14-26-24(34)21(31)17(13-15-10-11-15)27-22(32)18-9-6-12-29(18)2/h3-5,7-8,15,17-18,20H,6,9-14H2,1-2H3,(H,25,33)(H,26,34)(H,27,32)(H,28,30). The third-order valence-corrected chi connectivity index (χ3v) is 6.30. The molecule has 3 atom stereocenters. The summed E-state index contributed by atoms with van der Waals surface area (Å²) in [4.78, 5) is 64.6. The van der Waals surface area contributed by atoms with Gasteiger partial charge in [0.2, 0.25) is 23.5 Å². The molecule has 0 bridgehead atoms. The van der Waals surface area contributed by atoms with Crippen molar-refractivity contribution >= 4 is 29.4 Å². The maximum absolute atomic E-state index is 12.8. The number of likely N-dealkylation sites (tertiary alicyclic amines) is 1. The van der Waals surface area contributed by atoms with E-state index in [1.807, 2.05) is 11.9 Å². The number of benzene rings is 1. The van der Waals surface area contributed by atoms with Crippen molar-refractivity contribution in [3.05, 3.63) is 35.9 Å². The second kappa shape index (κ2) is 11.7. The minimum Gasteiger partial charge on any atom is -0.357 e. The van der Waals surface area contributed by atoms with E-state index in [1.54, 1.807) is 30.3 Å². The molecule has 10 heteroatoms. The Balaban J connectivity index is 1.55. The number of carbonyl (C=O) groups excluding carboxylic acids is 5. The molecule has 1 heterocycles. The van der Waals surface area contributed by atoms with Gasteiger partial charge in [-0.2, -0.15) is 0 Å². The zero-order chi connectivity index (χ0) is 24.7. The van der Waals surface area contributed by atoms with E-state index in [2.05, 4.69) is 21.3 Å². The molecule has 1 saturated carbocycles. The highest BCUT2D eigenvalue weighted by Gasteiger charge is 2.36. The van der Waals surface area contributed by atoms with Crippen LogP contribution < -0.4 is 21.3 Å². The third kappa shape index (κ3) is 6.86. The molecule has 2 aliphatic rings. The first-order valence-corrected chi connectivity index (χ1v) is 11.7. The number of hydrogen-bond donors (Lipinski definition) is 4. The first-order chi connectivity index (χ1) is 16.3. The predicted molar refractivity (Wildman–Crippen MR) is 124 cm³/mol. The Kier molecular flexibility index (Phi) is 8.75. The van der Waals surface area contributed by atoms with Gasteiger partial charge in [0, 0.05) is 7.05 Å². The quantitative estimate of drug-likeness (QED) is 0.326. The van der Waals surface area contributed by atoms with Crippen molar-refractivity contribution in [2.24, 2.45) is 5.92 Å². The Hall–Kier alpha value is -3.27. The van der Waals surface area contributed by atoms with Gasteiger partial charge >= 0.3 is 0 Å². The summed E-state index contributed by atoms with van der Waals surface area (Å²) in [7, 11) is 3.32. The van der Waals surface area contributed by atoms with Gasteiger partial charge in [-0.3, -0.25) is 28.9 Å². The summed E-state index contributed by atoms with van der Waals surface area (Å²) in [6.45, 7) is 0.343. The lowest BCUT2D eigenvalue weighted by Crippen LogP contribution is -2.53. The second-order valence-corrected chi connectivity index (χ2v) is 8.95. The van der Waals surface area contributed by atoms with E-state index in [0.717, 1.165) is 25.8 Å². The monoisotopic (exact) mass is 471 g/mol.